The first-order chi connectivity index (χ1) is 12.6. The number of amides is 1. The number of hydrogen-bond donors (Lipinski definition) is 1. The number of anilines is 1. The first kappa shape index (κ1) is 18.7. The van der Waals surface area contributed by atoms with Crippen LogP contribution in [0, 0.1) is 0 Å². The van der Waals surface area contributed by atoms with E-state index in [4.69, 9.17) is 16.3 Å². The Morgan fingerprint density at radius 3 is 2.54 bits per heavy atom. The van der Waals surface area contributed by atoms with Gasteiger partial charge in [0.25, 0.3) is 0 Å². The van der Waals surface area contributed by atoms with Gasteiger partial charge in [0, 0.05) is 43.4 Å². The lowest BCUT2D eigenvalue weighted by atomic mass is 10.2. The molecule has 1 aliphatic rings. The zero-order valence-electron chi connectivity index (χ0n) is 15.0. The highest BCUT2D eigenvalue weighted by Crippen LogP contribution is 2.16. The van der Waals surface area contributed by atoms with Gasteiger partial charge in [-0.15, -0.1) is 0 Å². The molecule has 0 bridgehead atoms. The van der Waals surface area contributed by atoms with Crippen LogP contribution in [0.5, 0.6) is 5.75 Å². The molecule has 0 unspecified atom stereocenters. The number of carbonyl (C=O) groups excluding carboxylic acids is 1. The minimum Gasteiger partial charge on any atom is -0.497 e. The number of piperazine rings is 1. The number of benzene rings is 2. The fraction of sp³-hybridized carbons (Fsp3) is 0.350. The Kier molecular flexibility index (Phi) is 6.50. The number of nitrogens with zero attached hydrogens (tertiary/aromatic N) is 2. The number of carbonyl (C=O) groups is 1. The van der Waals surface area contributed by atoms with Crippen LogP contribution >= 0.6 is 11.6 Å². The molecule has 1 saturated heterocycles. The number of nitrogens with one attached hydrogen (secondary N) is 1. The molecule has 1 aliphatic heterocycles. The van der Waals surface area contributed by atoms with Crippen LogP contribution in [0.4, 0.5) is 5.69 Å². The SMILES string of the molecule is COc1cccc(CN2CCN(CC(=O)Nc3cccc(Cl)c3)CC2)c1. The van der Waals surface area contributed by atoms with E-state index in [1.165, 1.54) is 5.56 Å². The molecule has 3 rings (SSSR count). The predicted molar refractivity (Wildman–Crippen MR) is 105 cm³/mol. The fourth-order valence-electron chi connectivity index (χ4n) is 3.10. The molecule has 0 radical (unpaired) electrons. The third-order valence-electron chi connectivity index (χ3n) is 4.48. The maximum absolute atomic E-state index is 12.2. The maximum Gasteiger partial charge on any atom is 0.238 e. The van der Waals surface area contributed by atoms with Crippen LogP contribution in [-0.4, -0.2) is 55.5 Å². The summed E-state index contributed by atoms with van der Waals surface area (Å²) in [6, 6.07) is 15.4. The molecular formula is C20H24ClN3O2. The molecule has 1 amide bonds. The van der Waals surface area contributed by atoms with Crippen molar-refractivity contribution in [2.45, 2.75) is 6.54 Å². The molecule has 0 atom stereocenters. The highest BCUT2D eigenvalue weighted by atomic mass is 35.5. The third-order valence-corrected chi connectivity index (χ3v) is 4.72. The van der Waals surface area contributed by atoms with Crippen LogP contribution in [0.1, 0.15) is 5.56 Å². The van der Waals surface area contributed by atoms with Gasteiger partial charge in [-0.25, -0.2) is 0 Å². The Bertz CT molecular complexity index is 745. The van der Waals surface area contributed by atoms with Gasteiger partial charge in [0.2, 0.25) is 5.91 Å². The largest absolute Gasteiger partial charge is 0.497 e. The standard InChI is InChI=1S/C20H24ClN3O2/c1-26-19-7-2-4-16(12-19)14-23-8-10-24(11-9-23)15-20(25)22-18-6-3-5-17(21)13-18/h2-7,12-13H,8-11,14-15H2,1H3,(H,22,25). The molecule has 0 aromatic heterocycles. The first-order valence-electron chi connectivity index (χ1n) is 8.75. The number of ether oxygens (including phenoxy) is 1. The highest BCUT2D eigenvalue weighted by molar-refractivity contribution is 6.30. The van der Waals surface area contributed by atoms with E-state index < -0.39 is 0 Å². The minimum absolute atomic E-state index is 0.00601. The molecule has 26 heavy (non-hydrogen) atoms. The smallest absolute Gasteiger partial charge is 0.238 e. The van der Waals surface area contributed by atoms with E-state index in [0.717, 1.165) is 44.2 Å². The van der Waals surface area contributed by atoms with Gasteiger partial charge in [-0.05, 0) is 35.9 Å². The molecule has 0 aliphatic carbocycles. The van der Waals surface area contributed by atoms with Crippen LogP contribution < -0.4 is 10.1 Å². The molecule has 2 aromatic carbocycles. The molecule has 5 nitrogen and oxygen atoms in total. The zero-order chi connectivity index (χ0) is 18.4. The second kappa shape index (κ2) is 9.03. The maximum atomic E-state index is 12.2. The summed E-state index contributed by atoms with van der Waals surface area (Å²) in [6.07, 6.45) is 0. The van der Waals surface area contributed by atoms with E-state index in [-0.39, 0.29) is 5.91 Å². The van der Waals surface area contributed by atoms with Crippen molar-refractivity contribution in [3.63, 3.8) is 0 Å². The fourth-order valence-corrected chi connectivity index (χ4v) is 3.29. The molecule has 2 aromatic rings. The number of halogens is 1. The highest BCUT2D eigenvalue weighted by Gasteiger charge is 2.19. The van der Waals surface area contributed by atoms with Gasteiger partial charge in [0.1, 0.15) is 5.75 Å². The monoisotopic (exact) mass is 373 g/mol. The van der Waals surface area contributed by atoms with E-state index in [1.807, 2.05) is 24.3 Å². The van der Waals surface area contributed by atoms with E-state index in [0.29, 0.717) is 11.6 Å². The van der Waals surface area contributed by atoms with Crippen molar-refractivity contribution in [2.75, 3.05) is 45.2 Å². The van der Waals surface area contributed by atoms with Crippen molar-refractivity contribution >= 4 is 23.2 Å². The Morgan fingerprint density at radius 1 is 1.08 bits per heavy atom. The summed E-state index contributed by atoms with van der Waals surface area (Å²) in [5.74, 6) is 0.882. The first-order valence-corrected chi connectivity index (χ1v) is 9.13. The molecule has 0 saturated carbocycles. The lowest BCUT2D eigenvalue weighted by Gasteiger charge is -2.34. The molecule has 1 heterocycles. The van der Waals surface area contributed by atoms with E-state index in [1.54, 1.807) is 19.2 Å². The quantitative estimate of drug-likeness (QED) is 0.845. The lowest BCUT2D eigenvalue weighted by molar-refractivity contribution is -0.117. The topological polar surface area (TPSA) is 44.8 Å². The van der Waals surface area contributed by atoms with Crippen molar-refractivity contribution in [1.29, 1.82) is 0 Å². The second-order valence-electron chi connectivity index (χ2n) is 6.46. The summed E-state index contributed by atoms with van der Waals surface area (Å²) >= 11 is 5.95. The van der Waals surface area contributed by atoms with Crippen LogP contribution in [0.15, 0.2) is 48.5 Å². The second-order valence-corrected chi connectivity index (χ2v) is 6.90. The molecule has 1 N–H and O–H groups in total. The van der Waals surface area contributed by atoms with E-state index >= 15 is 0 Å². The molecule has 1 fully saturated rings. The van der Waals surface area contributed by atoms with Gasteiger partial charge >= 0.3 is 0 Å². The zero-order valence-corrected chi connectivity index (χ0v) is 15.7. The lowest BCUT2D eigenvalue weighted by Crippen LogP contribution is -2.48. The molecule has 6 heteroatoms. The minimum atomic E-state index is -0.00601. The van der Waals surface area contributed by atoms with Crippen molar-refractivity contribution in [2.24, 2.45) is 0 Å². The Hall–Kier alpha value is -2.08. The van der Waals surface area contributed by atoms with Gasteiger partial charge in [0.05, 0.1) is 13.7 Å². The summed E-state index contributed by atoms with van der Waals surface area (Å²) in [6.45, 7) is 4.96. The van der Waals surface area contributed by atoms with E-state index in [9.17, 15) is 4.79 Å². The summed E-state index contributed by atoms with van der Waals surface area (Å²) in [4.78, 5) is 16.8. The summed E-state index contributed by atoms with van der Waals surface area (Å²) in [5.41, 5.74) is 1.98. The van der Waals surface area contributed by atoms with Gasteiger partial charge < -0.3 is 10.1 Å². The van der Waals surface area contributed by atoms with Crippen molar-refractivity contribution in [3.05, 3.63) is 59.1 Å². The predicted octanol–water partition coefficient (Wildman–Crippen LogP) is 3.10. The number of hydrogen-bond acceptors (Lipinski definition) is 4. The van der Waals surface area contributed by atoms with Crippen molar-refractivity contribution in [1.82, 2.24) is 9.80 Å². The van der Waals surface area contributed by atoms with Gasteiger partial charge in [-0.2, -0.15) is 0 Å². The number of rotatable bonds is 6. The Morgan fingerprint density at radius 2 is 1.81 bits per heavy atom. The van der Waals surface area contributed by atoms with Crippen LogP contribution in [0.25, 0.3) is 0 Å². The van der Waals surface area contributed by atoms with Gasteiger partial charge in [-0.1, -0.05) is 29.8 Å². The Balaban J connectivity index is 1.44. The summed E-state index contributed by atoms with van der Waals surface area (Å²) in [5, 5.41) is 3.52. The average Bonchev–Trinajstić information content (AvgIpc) is 2.63. The molecule has 0 spiro atoms. The summed E-state index contributed by atoms with van der Waals surface area (Å²) in [7, 11) is 1.69. The average molecular weight is 374 g/mol. The number of methoxy groups -OCH3 is 1. The van der Waals surface area contributed by atoms with Crippen LogP contribution in [0.3, 0.4) is 0 Å². The molecule has 138 valence electrons. The normalized spacial score (nSPS) is 15.6. The summed E-state index contributed by atoms with van der Waals surface area (Å²) < 4.78 is 5.28. The molecular weight excluding hydrogens is 350 g/mol. The van der Waals surface area contributed by atoms with Crippen molar-refractivity contribution in [3.8, 4) is 5.75 Å². The van der Waals surface area contributed by atoms with Gasteiger partial charge in [0.15, 0.2) is 0 Å². The van der Waals surface area contributed by atoms with E-state index in [2.05, 4.69) is 27.2 Å². The van der Waals surface area contributed by atoms with Crippen LogP contribution in [0.2, 0.25) is 5.02 Å². The van der Waals surface area contributed by atoms with Gasteiger partial charge in [-0.3, -0.25) is 14.6 Å². The third kappa shape index (κ3) is 5.46. The Labute approximate surface area is 159 Å². The van der Waals surface area contributed by atoms with Crippen molar-refractivity contribution < 1.29 is 9.53 Å². The van der Waals surface area contributed by atoms with Crippen LogP contribution in [-0.2, 0) is 11.3 Å².